The molecule has 0 bridgehead atoms. The summed E-state index contributed by atoms with van der Waals surface area (Å²) in [6.07, 6.45) is 4.89. The van der Waals surface area contributed by atoms with Crippen LogP contribution in [0.2, 0.25) is 0 Å². The number of rotatable bonds is 5. The first-order valence-corrected chi connectivity index (χ1v) is 7.89. The maximum atomic E-state index is 12.3. The molecule has 6 heteroatoms. The van der Waals surface area contributed by atoms with E-state index in [1.165, 1.54) is 12.0 Å². The summed E-state index contributed by atoms with van der Waals surface area (Å²) < 4.78 is 0. The normalized spacial score (nSPS) is 16.8. The lowest BCUT2D eigenvalue weighted by atomic mass is 9.98. The number of aromatic nitrogens is 2. The molecule has 3 rings (SSSR count). The molecule has 1 unspecified atom stereocenters. The summed E-state index contributed by atoms with van der Waals surface area (Å²) in [5, 5.41) is 13.1. The van der Waals surface area contributed by atoms with Gasteiger partial charge in [0.15, 0.2) is 0 Å². The van der Waals surface area contributed by atoms with Gasteiger partial charge in [-0.25, -0.2) is 0 Å². The Morgan fingerprint density at radius 3 is 2.78 bits per heavy atom. The molecule has 1 saturated heterocycles. The molecule has 5 nitrogen and oxygen atoms in total. The van der Waals surface area contributed by atoms with E-state index in [9.17, 15) is 4.79 Å². The van der Waals surface area contributed by atoms with E-state index >= 15 is 0 Å². The van der Waals surface area contributed by atoms with Crippen molar-refractivity contribution >= 4 is 24.1 Å². The predicted molar refractivity (Wildman–Crippen MR) is 94.3 cm³/mol. The van der Waals surface area contributed by atoms with Crippen LogP contribution in [0.4, 0.5) is 5.82 Å². The maximum Gasteiger partial charge on any atom is 0.256 e. The van der Waals surface area contributed by atoms with Gasteiger partial charge in [-0.3, -0.25) is 9.89 Å². The Bertz CT molecular complexity index is 632. The molecule has 1 aromatic carbocycles. The van der Waals surface area contributed by atoms with Crippen LogP contribution in [0, 0.1) is 5.92 Å². The second-order valence-corrected chi connectivity index (χ2v) is 5.84. The minimum absolute atomic E-state index is 0. The molecule has 23 heavy (non-hydrogen) atoms. The van der Waals surface area contributed by atoms with Crippen LogP contribution < -0.4 is 10.6 Å². The van der Waals surface area contributed by atoms with Crippen molar-refractivity contribution in [1.29, 1.82) is 0 Å². The number of hydrogen-bond donors (Lipinski definition) is 3. The molecule has 0 aliphatic carbocycles. The van der Waals surface area contributed by atoms with Gasteiger partial charge in [0.2, 0.25) is 0 Å². The Morgan fingerprint density at radius 2 is 2.13 bits per heavy atom. The molecular weight excluding hydrogens is 312 g/mol. The molecule has 0 radical (unpaired) electrons. The molecule has 1 aliphatic rings. The van der Waals surface area contributed by atoms with Crippen molar-refractivity contribution in [2.75, 3.05) is 18.4 Å². The van der Waals surface area contributed by atoms with Gasteiger partial charge in [-0.2, -0.15) is 5.10 Å². The van der Waals surface area contributed by atoms with Gasteiger partial charge < -0.3 is 10.6 Å². The van der Waals surface area contributed by atoms with Crippen LogP contribution in [0.5, 0.6) is 0 Å². The molecule has 1 aromatic heterocycles. The molecule has 2 aromatic rings. The summed E-state index contributed by atoms with van der Waals surface area (Å²) in [5.41, 5.74) is 2.98. The van der Waals surface area contributed by atoms with Crippen LogP contribution in [0.25, 0.3) is 0 Å². The Labute approximate surface area is 142 Å². The van der Waals surface area contributed by atoms with E-state index in [0.29, 0.717) is 11.4 Å². The first-order chi connectivity index (χ1) is 10.8. The number of nitrogens with one attached hydrogen (secondary N) is 3. The summed E-state index contributed by atoms with van der Waals surface area (Å²) in [5.74, 6) is 1.30. The summed E-state index contributed by atoms with van der Waals surface area (Å²) in [6, 6.07) is 7.91. The molecule has 1 fully saturated rings. The van der Waals surface area contributed by atoms with Crippen LogP contribution in [0.1, 0.15) is 34.8 Å². The van der Waals surface area contributed by atoms with Crippen LogP contribution in [-0.4, -0.2) is 29.2 Å². The van der Waals surface area contributed by atoms with Crippen molar-refractivity contribution in [1.82, 2.24) is 15.5 Å². The molecule has 0 saturated carbocycles. The molecule has 0 spiro atoms. The largest absolute Gasteiger partial charge is 0.316 e. The van der Waals surface area contributed by atoms with Crippen LogP contribution >= 0.6 is 12.4 Å². The highest BCUT2D eigenvalue weighted by molar-refractivity contribution is 6.04. The van der Waals surface area contributed by atoms with Crippen molar-refractivity contribution < 1.29 is 4.79 Å². The second kappa shape index (κ2) is 8.13. The fraction of sp³-hybridized carbons (Fsp3) is 0.412. The Morgan fingerprint density at radius 1 is 1.35 bits per heavy atom. The van der Waals surface area contributed by atoms with Gasteiger partial charge in [0.05, 0.1) is 6.20 Å². The monoisotopic (exact) mass is 334 g/mol. The van der Waals surface area contributed by atoms with Crippen molar-refractivity contribution in [3.05, 3.63) is 47.2 Å². The smallest absolute Gasteiger partial charge is 0.256 e. The number of halogens is 1. The standard InChI is InChI=1S/C17H22N4O.ClH/c1-2-14-11-19-21-16(14)20-17(22)15-5-3-12(4-6-15)9-13-7-8-18-10-13;/h3-6,11,13,18H,2,7-10H2,1H3,(H2,19,20,21,22);1H. The van der Waals surface area contributed by atoms with Gasteiger partial charge in [0.1, 0.15) is 5.82 Å². The Kier molecular flexibility index (Phi) is 6.19. The highest BCUT2D eigenvalue weighted by Crippen LogP contribution is 2.17. The quantitative estimate of drug-likeness (QED) is 0.787. The van der Waals surface area contributed by atoms with E-state index in [2.05, 4.69) is 33.0 Å². The van der Waals surface area contributed by atoms with Gasteiger partial charge >= 0.3 is 0 Å². The van der Waals surface area contributed by atoms with E-state index in [1.807, 2.05) is 19.1 Å². The molecule has 124 valence electrons. The molecule has 3 N–H and O–H groups in total. The SMILES string of the molecule is CCc1cn[nH]c1NC(=O)c1ccc(CC2CCNC2)cc1.Cl. The first kappa shape index (κ1) is 17.5. The highest BCUT2D eigenvalue weighted by Gasteiger charge is 2.15. The average Bonchev–Trinajstić information content (AvgIpc) is 3.19. The lowest BCUT2D eigenvalue weighted by Crippen LogP contribution is -2.14. The van der Waals surface area contributed by atoms with Gasteiger partial charge in [0.25, 0.3) is 5.91 Å². The Hall–Kier alpha value is -1.85. The average molecular weight is 335 g/mol. The van der Waals surface area contributed by atoms with E-state index < -0.39 is 0 Å². The van der Waals surface area contributed by atoms with Crippen molar-refractivity contribution in [2.24, 2.45) is 5.92 Å². The Balaban J connectivity index is 0.00000192. The van der Waals surface area contributed by atoms with Crippen molar-refractivity contribution in [2.45, 2.75) is 26.2 Å². The van der Waals surface area contributed by atoms with E-state index in [1.54, 1.807) is 6.20 Å². The van der Waals surface area contributed by atoms with Crippen LogP contribution in [0.15, 0.2) is 30.5 Å². The van der Waals surface area contributed by atoms with E-state index in [4.69, 9.17) is 0 Å². The summed E-state index contributed by atoms with van der Waals surface area (Å²) in [7, 11) is 0. The number of amides is 1. The third-order valence-corrected chi connectivity index (χ3v) is 4.24. The second-order valence-electron chi connectivity index (χ2n) is 5.84. The number of H-pyrrole nitrogens is 1. The number of aryl methyl sites for hydroxylation is 1. The predicted octanol–water partition coefficient (Wildman–Crippen LogP) is 2.80. The van der Waals surface area contributed by atoms with Crippen LogP contribution in [0.3, 0.4) is 0 Å². The zero-order chi connectivity index (χ0) is 15.4. The minimum Gasteiger partial charge on any atom is -0.316 e. The third kappa shape index (κ3) is 4.33. The van der Waals surface area contributed by atoms with Gasteiger partial charge in [-0.15, -0.1) is 12.4 Å². The molecule has 1 atom stereocenters. The number of aromatic amines is 1. The fourth-order valence-electron chi connectivity index (χ4n) is 2.89. The molecule has 1 aliphatic heterocycles. The summed E-state index contributed by atoms with van der Waals surface area (Å²) in [6.45, 7) is 4.25. The number of anilines is 1. The van der Waals surface area contributed by atoms with Crippen molar-refractivity contribution in [3.8, 4) is 0 Å². The number of carbonyl (C=O) groups excluding carboxylic acids is 1. The highest BCUT2D eigenvalue weighted by atomic mass is 35.5. The lowest BCUT2D eigenvalue weighted by Gasteiger charge is -2.09. The lowest BCUT2D eigenvalue weighted by molar-refractivity contribution is 0.102. The van der Waals surface area contributed by atoms with E-state index in [-0.39, 0.29) is 18.3 Å². The molecule has 2 heterocycles. The maximum absolute atomic E-state index is 12.3. The zero-order valence-electron chi connectivity index (χ0n) is 13.3. The van der Waals surface area contributed by atoms with Gasteiger partial charge in [-0.1, -0.05) is 19.1 Å². The summed E-state index contributed by atoms with van der Waals surface area (Å²) in [4.78, 5) is 12.3. The number of hydrogen-bond acceptors (Lipinski definition) is 3. The molecule has 1 amide bonds. The number of carbonyl (C=O) groups is 1. The summed E-state index contributed by atoms with van der Waals surface area (Å²) >= 11 is 0. The van der Waals surface area contributed by atoms with Crippen molar-refractivity contribution in [3.63, 3.8) is 0 Å². The fourth-order valence-corrected chi connectivity index (χ4v) is 2.89. The number of nitrogens with zero attached hydrogens (tertiary/aromatic N) is 1. The van der Waals surface area contributed by atoms with Gasteiger partial charge in [-0.05, 0) is 56.0 Å². The minimum atomic E-state index is -0.104. The van der Waals surface area contributed by atoms with Crippen LogP contribution in [-0.2, 0) is 12.8 Å². The number of benzene rings is 1. The zero-order valence-corrected chi connectivity index (χ0v) is 14.1. The van der Waals surface area contributed by atoms with E-state index in [0.717, 1.165) is 37.4 Å². The molecular formula is C17H23ClN4O. The topological polar surface area (TPSA) is 69.8 Å². The third-order valence-electron chi connectivity index (χ3n) is 4.24. The first-order valence-electron chi connectivity index (χ1n) is 7.89. The van der Waals surface area contributed by atoms with Gasteiger partial charge in [0, 0.05) is 11.1 Å².